The standard InChI is InChI=1S/C12H19N3O2/c1-7(2)12-14-10(16)6-11(15-12)17-9-4-3-8(13)5-9/h6-9H,3-5,13H2,1-2H3,(H,14,15,16). The van der Waals surface area contributed by atoms with Crippen LogP contribution < -0.4 is 16.0 Å². The van der Waals surface area contributed by atoms with Crippen molar-refractivity contribution in [2.45, 2.75) is 51.2 Å². The molecule has 5 nitrogen and oxygen atoms in total. The van der Waals surface area contributed by atoms with E-state index in [0.29, 0.717) is 11.7 Å². The number of hydrogen-bond donors (Lipinski definition) is 2. The lowest BCUT2D eigenvalue weighted by atomic mass is 10.2. The number of aromatic nitrogens is 2. The minimum absolute atomic E-state index is 0.0966. The van der Waals surface area contributed by atoms with Crippen LogP contribution in [-0.2, 0) is 0 Å². The molecule has 1 aromatic heterocycles. The van der Waals surface area contributed by atoms with Gasteiger partial charge >= 0.3 is 0 Å². The maximum absolute atomic E-state index is 11.5. The van der Waals surface area contributed by atoms with E-state index >= 15 is 0 Å². The summed E-state index contributed by atoms with van der Waals surface area (Å²) < 4.78 is 5.71. The van der Waals surface area contributed by atoms with Gasteiger partial charge in [-0.3, -0.25) is 4.79 Å². The number of hydrogen-bond acceptors (Lipinski definition) is 4. The van der Waals surface area contributed by atoms with E-state index in [1.165, 1.54) is 6.07 Å². The highest BCUT2D eigenvalue weighted by Gasteiger charge is 2.23. The first-order chi connectivity index (χ1) is 8.04. The lowest BCUT2D eigenvalue weighted by Gasteiger charge is -2.13. The zero-order valence-electron chi connectivity index (χ0n) is 10.3. The molecule has 0 spiro atoms. The molecule has 5 heteroatoms. The van der Waals surface area contributed by atoms with Crippen molar-refractivity contribution in [2.75, 3.05) is 0 Å². The van der Waals surface area contributed by atoms with E-state index in [9.17, 15) is 4.79 Å². The molecule has 1 saturated carbocycles. The fourth-order valence-electron chi connectivity index (χ4n) is 2.04. The molecule has 0 radical (unpaired) electrons. The average Bonchev–Trinajstić information content (AvgIpc) is 2.63. The third kappa shape index (κ3) is 3.06. The summed E-state index contributed by atoms with van der Waals surface area (Å²) in [4.78, 5) is 18.5. The number of rotatable bonds is 3. The molecule has 3 N–H and O–H groups in total. The summed E-state index contributed by atoms with van der Waals surface area (Å²) in [7, 11) is 0. The molecule has 1 fully saturated rings. The summed E-state index contributed by atoms with van der Waals surface area (Å²) >= 11 is 0. The van der Waals surface area contributed by atoms with Crippen LogP contribution in [0.5, 0.6) is 5.88 Å². The second-order valence-electron chi connectivity index (χ2n) is 4.94. The minimum atomic E-state index is -0.166. The number of nitrogens with zero attached hydrogens (tertiary/aromatic N) is 1. The van der Waals surface area contributed by atoms with Gasteiger partial charge in [-0.2, -0.15) is 4.98 Å². The Morgan fingerprint density at radius 2 is 2.29 bits per heavy atom. The predicted molar refractivity (Wildman–Crippen MR) is 65.2 cm³/mol. The summed E-state index contributed by atoms with van der Waals surface area (Å²) in [6.45, 7) is 3.96. The predicted octanol–water partition coefficient (Wildman–Crippen LogP) is 1.15. The molecule has 0 saturated heterocycles. The Morgan fingerprint density at radius 1 is 1.53 bits per heavy atom. The van der Waals surface area contributed by atoms with E-state index in [1.54, 1.807) is 0 Å². The molecule has 2 rings (SSSR count). The van der Waals surface area contributed by atoms with Crippen LogP contribution in [0.3, 0.4) is 0 Å². The molecule has 0 aliphatic heterocycles. The van der Waals surface area contributed by atoms with Crippen molar-refractivity contribution in [3.8, 4) is 5.88 Å². The molecule has 0 aromatic carbocycles. The summed E-state index contributed by atoms with van der Waals surface area (Å²) in [5.74, 6) is 1.25. The molecular weight excluding hydrogens is 218 g/mol. The molecule has 2 unspecified atom stereocenters. The minimum Gasteiger partial charge on any atom is -0.474 e. The van der Waals surface area contributed by atoms with Crippen LogP contribution in [0.2, 0.25) is 0 Å². The molecule has 0 amide bonds. The smallest absolute Gasteiger partial charge is 0.254 e. The molecule has 2 atom stereocenters. The number of ether oxygens (including phenoxy) is 1. The third-order valence-electron chi connectivity index (χ3n) is 3.00. The quantitative estimate of drug-likeness (QED) is 0.826. The van der Waals surface area contributed by atoms with Gasteiger partial charge in [0.15, 0.2) is 0 Å². The summed E-state index contributed by atoms with van der Waals surface area (Å²) in [6, 6.07) is 1.61. The highest BCUT2D eigenvalue weighted by atomic mass is 16.5. The fourth-order valence-corrected chi connectivity index (χ4v) is 2.04. The van der Waals surface area contributed by atoms with E-state index in [2.05, 4.69) is 9.97 Å². The van der Waals surface area contributed by atoms with Crippen molar-refractivity contribution >= 4 is 0 Å². The van der Waals surface area contributed by atoms with Gasteiger partial charge in [-0.05, 0) is 19.3 Å². The van der Waals surface area contributed by atoms with Crippen LogP contribution in [0.4, 0.5) is 0 Å². The highest BCUT2D eigenvalue weighted by Crippen LogP contribution is 2.22. The van der Waals surface area contributed by atoms with Crippen molar-refractivity contribution in [1.29, 1.82) is 0 Å². The Morgan fingerprint density at radius 3 is 2.88 bits per heavy atom. The normalized spacial score (nSPS) is 24.2. The summed E-state index contributed by atoms with van der Waals surface area (Å²) in [5, 5.41) is 0. The first kappa shape index (κ1) is 12.1. The maximum atomic E-state index is 11.5. The Kier molecular flexibility index (Phi) is 3.47. The average molecular weight is 237 g/mol. The van der Waals surface area contributed by atoms with Gasteiger partial charge in [-0.25, -0.2) is 0 Å². The van der Waals surface area contributed by atoms with E-state index in [-0.39, 0.29) is 23.6 Å². The first-order valence-electron chi connectivity index (χ1n) is 6.08. The lowest BCUT2D eigenvalue weighted by Crippen LogP contribution is -2.21. The van der Waals surface area contributed by atoms with Crippen LogP contribution in [0.15, 0.2) is 10.9 Å². The number of nitrogens with two attached hydrogens (primary N) is 1. The van der Waals surface area contributed by atoms with Crippen LogP contribution >= 0.6 is 0 Å². The van der Waals surface area contributed by atoms with Crippen molar-refractivity contribution in [1.82, 2.24) is 9.97 Å². The van der Waals surface area contributed by atoms with Crippen LogP contribution in [0.1, 0.15) is 44.9 Å². The van der Waals surface area contributed by atoms with Gasteiger partial charge in [0.25, 0.3) is 5.56 Å². The largest absolute Gasteiger partial charge is 0.474 e. The van der Waals surface area contributed by atoms with Gasteiger partial charge in [0.2, 0.25) is 5.88 Å². The zero-order valence-corrected chi connectivity index (χ0v) is 10.3. The van der Waals surface area contributed by atoms with E-state index in [0.717, 1.165) is 19.3 Å². The number of H-pyrrole nitrogens is 1. The Labute approximate surface area is 100 Å². The topological polar surface area (TPSA) is 81.0 Å². The van der Waals surface area contributed by atoms with Crippen LogP contribution in [0, 0.1) is 0 Å². The summed E-state index contributed by atoms with van der Waals surface area (Å²) in [6.07, 6.45) is 2.85. The van der Waals surface area contributed by atoms with Crippen molar-refractivity contribution < 1.29 is 4.74 Å². The lowest BCUT2D eigenvalue weighted by molar-refractivity contribution is 0.198. The van der Waals surface area contributed by atoms with E-state index in [4.69, 9.17) is 10.5 Å². The monoisotopic (exact) mass is 237 g/mol. The second kappa shape index (κ2) is 4.87. The van der Waals surface area contributed by atoms with Gasteiger partial charge in [-0.15, -0.1) is 0 Å². The molecule has 1 heterocycles. The highest BCUT2D eigenvalue weighted by molar-refractivity contribution is 5.11. The SMILES string of the molecule is CC(C)c1nc(OC2CCC(N)C2)cc(=O)[nH]1. The molecule has 94 valence electrons. The Bertz CT molecular complexity index is 442. The number of aromatic amines is 1. The van der Waals surface area contributed by atoms with Gasteiger partial charge < -0.3 is 15.5 Å². The van der Waals surface area contributed by atoms with Crippen molar-refractivity contribution in [3.05, 3.63) is 22.2 Å². The molecule has 1 aliphatic carbocycles. The molecule has 1 aliphatic rings. The van der Waals surface area contributed by atoms with Crippen LogP contribution in [0.25, 0.3) is 0 Å². The Balaban J connectivity index is 2.13. The van der Waals surface area contributed by atoms with Crippen molar-refractivity contribution in [3.63, 3.8) is 0 Å². The first-order valence-corrected chi connectivity index (χ1v) is 6.08. The van der Waals surface area contributed by atoms with E-state index < -0.39 is 0 Å². The fraction of sp³-hybridized carbons (Fsp3) is 0.667. The second-order valence-corrected chi connectivity index (χ2v) is 4.94. The molecule has 0 bridgehead atoms. The number of nitrogens with one attached hydrogen (secondary N) is 1. The Hall–Kier alpha value is -1.36. The third-order valence-corrected chi connectivity index (χ3v) is 3.00. The maximum Gasteiger partial charge on any atom is 0.254 e. The summed E-state index contributed by atoms with van der Waals surface area (Å²) in [5.41, 5.74) is 5.65. The van der Waals surface area contributed by atoms with Crippen LogP contribution in [-0.4, -0.2) is 22.1 Å². The van der Waals surface area contributed by atoms with Gasteiger partial charge in [-0.1, -0.05) is 13.8 Å². The molecule has 17 heavy (non-hydrogen) atoms. The van der Waals surface area contributed by atoms with E-state index in [1.807, 2.05) is 13.8 Å². The van der Waals surface area contributed by atoms with Gasteiger partial charge in [0, 0.05) is 12.0 Å². The van der Waals surface area contributed by atoms with Crippen molar-refractivity contribution in [2.24, 2.45) is 5.73 Å². The molecular formula is C12H19N3O2. The van der Waals surface area contributed by atoms with Gasteiger partial charge in [0.1, 0.15) is 11.9 Å². The molecule has 1 aromatic rings. The zero-order chi connectivity index (χ0) is 12.4. The van der Waals surface area contributed by atoms with Gasteiger partial charge in [0.05, 0.1) is 6.07 Å².